The van der Waals surface area contributed by atoms with Crippen molar-refractivity contribution in [2.45, 2.75) is 19.0 Å². The van der Waals surface area contributed by atoms with Crippen LogP contribution in [0.1, 0.15) is 27.9 Å². The van der Waals surface area contributed by atoms with Crippen LogP contribution in [-0.4, -0.2) is 36.9 Å². The Morgan fingerprint density at radius 1 is 0.974 bits per heavy atom. The van der Waals surface area contributed by atoms with Crippen molar-refractivity contribution < 1.29 is 42.1 Å². The number of carbonyl (C=O) groups excluding carboxylic acids is 1. The number of hydrogen-bond donors (Lipinski definition) is 3. The second kappa shape index (κ2) is 12.0. The van der Waals surface area contributed by atoms with E-state index in [0.717, 1.165) is 5.56 Å². The molecule has 8 nitrogen and oxygen atoms in total. The SMILES string of the molecule is COc1cc(C(=O)Oc2ccc(C=C(CCc3ccc(N)cc3N)C(=O)O)cc2)ccc1OCC(F)(F)F. The number of carboxylic acid groups (broad SMARTS) is 1. The normalized spacial score (nSPS) is 11.6. The molecule has 0 heterocycles. The van der Waals surface area contributed by atoms with Gasteiger partial charge in [-0.3, -0.25) is 0 Å². The van der Waals surface area contributed by atoms with Crippen molar-refractivity contribution in [2.75, 3.05) is 25.2 Å². The van der Waals surface area contributed by atoms with Crippen LogP contribution in [-0.2, 0) is 11.2 Å². The summed E-state index contributed by atoms with van der Waals surface area (Å²) >= 11 is 0. The van der Waals surface area contributed by atoms with Crippen molar-refractivity contribution in [1.29, 1.82) is 0 Å². The van der Waals surface area contributed by atoms with Crippen LogP contribution >= 0.6 is 0 Å². The Morgan fingerprint density at radius 2 is 1.68 bits per heavy atom. The van der Waals surface area contributed by atoms with E-state index in [1.54, 1.807) is 30.3 Å². The fourth-order valence-corrected chi connectivity index (χ4v) is 3.42. The predicted molar refractivity (Wildman–Crippen MR) is 135 cm³/mol. The molecule has 0 fully saturated rings. The quantitative estimate of drug-likeness (QED) is 0.142. The van der Waals surface area contributed by atoms with Crippen LogP contribution in [0.2, 0.25) is 0 Å². The fraction of sp³-hybridized carbons (Fsp3) is 0.185. The number of ether oxygens (including phenoxy) is 3. The number of esters is 1. The Bertz CT molecular complexity index is 1340. The van der Waals surface area contributed by atoms with Gasteiger partial charge in [-0.05, 0) is 72.5 Å². The molecule has 38 heavy (non-hydrogen) atoms. The van der Waals surface area contributed by atoms with Gasteiger partial charge in [-0.2, -0.15) is 13.2 Å². The number of nitrogen functional groups attached to an aromatic ring is 2. The van der Waals surface area contributed by atoms with E-state index in [0.29, 0.717) is 23.4 Å². The minimum absolute atomic E-state index is 0.0280. The molecule has 0 spiro atoms. The number of carbonyl (C=O) groups is 2. The second-order valence-electron chi connectivity index (χ2n) is 8.16. The van der Waals surface area contributed by atoms with Crippen molar-refractivity contribution in [3.63, 3.8) is 0 Å². The van der Waals surface area contributed by atoms with Gasteiger partial charge >= 0.3 is 18.1 Å². The zero-order valence-corrected chi connectivity index (χ0v) is 20.2. The average Bonchev–Trinajstić information content (AvgIpc) is 2.86. The van der Waals surface area contributed by atoms with Crippen LogP contribution in [0.15, 0.2) is 66.2 Å². The van der Waals surface area contributed by atoms with E-state index in [1.807, 2.05) is 0 Å². The summed E-state index contributed by atoms with van der Waals surface area (Å²) in [4.78, 5) is 24.3. The number of aryl methyl sites for hydroxylation is 1. The number of alkyl halides is 3. The zero-order valence-electron chi connectivity index (χ0n) is 20.2. The van der Waals surface area contributed by atoms with Crippen molar-refractivity contribution in [1.82, 2.24) is 0 Å². The maximum Gasteiger partial charge on any atom is 0.422 e. The number of hydrogen-bond acceptors (Lipinski definition) is 7. The molecular formula is C27H25F3N2O6. The maximum atomic E-state index is 12.5. The lowest BCUT2D eigenvalue weighted by Gasteiger charge is -2.13. The van der Waals surface area contributed by atoms with E-state index in [1.165, 1.54) is 43.5 Å². The van der Waals surface area contributed by atoms with Crippen LogP contribution in [0, 0.1) is 0 Å². The van der Waals surface area contributed by atoms with Gasteiger partial charge in [-0.1, -0.05) is 18.2 Å². The highest BCUT2D eigenvalue weighted by atomic mass is 19.4. The molecule has 0 amide bonds. The molecule has 200 valence electrons. The Labute approximate surface area is 216 Å². The summed E-state index contributed by atoms with van der Waals surface area (Å²) in [5.74, 6) is -1.92. The van der Waals surface area contributed by atoms with Crippen molar-refractivity contribution in [3.05, 3.63) is 82.9 Å². The number of carboxylic acids is 1. The fourth-order valence-electron chi connectivity index (χ4n) is 3.42. The number of rotatable bonds is 10. The van der Waals surface area contributed by atoms with Crippen molar-refractivity contribution >= 4 is 29.4 Å². The number of anilines is 2. The highest BCUT2D eigenvalue weighted by Crippen LogP contribution is 2.30. The summed E-state index contributed by atoms with van der Waals surface area (Å²) in [7, 11) is 1.23. The number of benzene rings is 3. The molecule has 0 saturated heterocycles. The van der Waals surface area contributed by atoms with E-state index < -0.39 is 24.7 Å². The highest BCUT2D eigenvalue weighted by molar-refractivity contribution is 5.93. The van der Waals surface area contributed by atoms with Crippen molar-refractivity contribution in [3.8, 4) is 17.2 Å². The van der Waals surface area contributed by atoms with Crippen LogP contribution in [0.3, 0.4) is 0 Å². The molecule has 3 aromatic rings. The van der Waals surface area contributed by atoms with Gasteiger partial charge < -0.3 is 30.8 Å². The smallest absolute Gasteiger partial charge is 0.422 e. The summed E-state index contributed by atoms with van der Waals surface area (Å²) in [5.41, 5.74) is 14.2. The van der Waals surface area contributed by atoms with E-state index >= 15 is 0 Å². The van der Waals surface area contributed by atoms with Gasteiger partial charge in [0.15, 0.2) is 18.1 Å². The average molecular weight is 530 g/mol. The number of methoxy groups -OCH3 is 1. The van der Waals surface area contributed by atoms with Crippen molar-refractivity contribution in [2.24, 2.45) is 0 Å². The van der Waals surface area contributed by atoms with E-state index in [2.05, 4.69) is 0 Å². The first-order chi connectivity index (χ1) is 17.9. The van der Waals surface area contributed by atoms with Gasteiger partial charge in [0.1, 0.15) is 5.75 Å². The monoisotopic (exact) mass is 530 g/mol. The lowest BCUT2D eigenvalue weighted by Crippen LogP contribution is -2.19. The first-order valence-corrected chi connectivity index (χ1v) is 11.2. The first kappa shape index (κ1) is 27.9. The van der Waals surface area contributed by atoms with Gasteiger partial charge in [0.25, 0.3) is 0 Å². The Kier molecular flexibility index (Phi) is 8.85. The standard InChI is InChI=1S/C27H25F3N2O6/c1-36-24-13-19(7-11-23(24)37-15-27(28,29)30)26(35)38-21-9-2-16(3-10-21)12-18(25(33)34)5-4-17-6-8-20(31)14-22(17)32/h2-3,6-14H,4-5,15,31-32H2,1H3,(H,33,34). The van der Waals surface area contributed by atoms with Gasteiger partial charge in [-0.25, -0.2) is 9.59 Å². The molecular weight excluding hydrogens is 505 g/mol. The number of halogens is 3. The molecule has 0 aliphatic heterocycles. The van der Waals surface area contributed by atoms with Crippen LogP contribution < -0.4 is 25.7 Å². The van der Waals surface area contributed by atoms with Crippen LogP contribution in [0.4, 0.5) is 24.5 Å². The highest BCUT2D eigenvalue weighted by Gasteiger charge is 2.29. The Hall–Kier alpha value is -4.67. The minimum Gasteiger partial charge on any atom is -0.493 e. The molecule has 0 saturated carbocycles. The third-order valence-corrected chi connectivity index (χ3v) is 5.33. The minimum atomic E-state index is -4.53. The molecule has 0 atom stereocenters. The molecule has 0 radical (unpaired) electrons. The largest absolute Gasteiger partial charge is 0.493 e. The van der Waals surface area contributed by atoms with Gasteiger partial charge in [0.05, 0.1) is 12.7 Å². The van der Waals surface area contributed by atoms with E-state index in [-0.39, 0.29) is 34.8 Å². The van der Waals surface area contributed by atoms with Gasteiger partial charge in [0.2, 0.25) is 0 Å². The van der Waals surface area contributed by atoms with Gasteiger partial charge in [0, 0.05) is 16.9 Å². The summed E-state index contributed by atoms with van der Waals surface area (Å²) < 4.78 is 52.3. The summed E-state index contributed by atoms with van der Waals surface area (Å²) in [6.45, 7) is -1.51. The third kappa shape index (κ3) is 7.92. The van der Waals surface area contributed by atoms with Crippen LogP contribution in [0.25, 0.3) is 6.08 Å². The summed E-state index contributed by atoms with van der Waals surface area (Å²) in [6.07, 6.45) is -2.39. The van der Waals surface area contributed by atoms with E-state index in [4.69, 9.17) is 25.7 Å². The maximum absolute atomic E-state index is 12.5. The molecule has 0 unspecified atom stereocenters. The molecule has 0 bridgehead atoms. The molecule has 11 heteroatoms. The molecule has 5 N–H and O–H groups in total. The lowest BCUT2D eigenvalue weighted by atomic mass is 10.0. The molecule has 3 aromatic carbocycles. The molecule has 0 aliphatic rings. The Morgan fingerprint density at radius 3 is 2.29 bits per heavy atom. The number of aliphatic carboxylic acids is 1. The topological polar surface area (TPSA) is 134 Å². The molecule has 3 rings (SSSR count). The lowest BCUT2D eigenvalue weighted by molar-refractivity contribution is -0.153. The zero-order chi connectivity index (χ0) is 27.9. The summed E-state index contributed by atoms with van der Waals surface area (Å²) in [5, 5.41) is 9.60. The second-order valence-corrected chi connectivity index (χ2v) is 8.16. The molecule has 0 aliphatic carbocycles. The summed E-state index contributed by atoms with van der Waals surface area (Å²) in [6, 6.07) is 14.8. The Balaban J connectivity index is 1.67. The third-order valence-electron chi connectivity index (χ3n) is 5.33. The molecule has 0 aromatic heterocycles. The van der Waals surface area contributed by atoms with Crippen LogP contribution in [0.5, 0.6) is 17.2 Å². The predicted octanol–water partition coefficient (Wildman–Crippen LogP) is 5.12. The number of nitrogens with two attached hydrogens (primary N) is 2. The van der Waals surface area contributed by atoms with Gasteiger partial charge in [-0.15, -0.1) is 0 Å². The first-order valence-electron chi connectivity index (χ1n) is 11.2. The van der Waals surface area contributed by atoms with E-state index in [9.17, 15) is 27.9 Å².